The van der Waals surface area contributed by atoms with Crippen LogP contribution in [0.15, 0.2) is 23.1 Å². The van der Waals surface area contributed by atoms with Crippen molar-refractivity contribution in [2.75, 3.05) is 0 Å². The minimum Gasteiger partial charge on any atom is -0.298 e. The van der Waals surface area contributed by atoms with Crippen molar-refractivity contribution in [1.29, 1.82) is 0 Å². The lowest BCUT2D eigenvalue weighted by molar-refractivity contribution is -0.119. The standard InChI is InChI=1S/C20H30OS/c1-19(2,3)14-11-15(20(4,5)6)13-16(12-14)22-18-10-8-7-9-17(18)21/h11-13,18H,7-10H2,1-6H3. The van der Waals surface area contributed by atoms with Crippen LogP contribution in [0.4, 0.5) is 0 Å². The Morgan fingerprint density at radius 3 is 1.91 bits per heavy atom. The zero-order chi connectivity index (χ0) is 16.5. The highest BCUT2D eigenvalue weighted by molar-refractivity contribution is 8.00. The summed E-state index contributed by atoms with van der Waals surface area (Å²) in [6.07, 6.45) is 4.07. The second kappa shape index (κ2) is 6.39. The number of rotatable bonds is 2. The molecule has 0 aliphatic heterocycles. The summed E-state index contributed by atoms with van der Waals surface area (Å²) in [5, 5.41) is 0.164. The van der Waals surface area contributed by atoms with Crippen LogP contribution in [-0.4, -0.2) is 11.0 Å². The molecule has 1 atom stereocenters. The quantitative estimate of drug-likeness (QED) is 0.676. The van der Waals surface area contributed by atoms with Crippen LogP contribution in [0.3, 0.4) is 0 Å². The Labute approximate surface area is 140 Å². The van der Waals surface area contributed by atoms with Crippen LogP contribution in [0.25, 0.3) is 0 Å². The highest BCUT2D eigenvalue weighted by Crippen LogP contribution is 2.37. The number of thioether (sulfide) groups is 1. The van der Waals surface area contributed by atoms with Gasteiger partial charge in [0.15, 0.2) is 0 Å². The van der Waals surface area contributed by atoms with Gasteiger partial charge in [-0.3, -0.25) is 4.79 Å². The van der Waals surface area contributed by atoms with Crippen LogP contribution in [-0.2, 0) is 15.6 Å². The fraction of sp³-hybridized carbons (Fsp3) is 0.650. The number of ketones is 1. The Morgan fingerprint density at radius 1 is 0.909 bits per heavy atom. The highest BCUT2D eigenvalue weighted by Gasteiger charge is 2.25. The van der Waals surface area contributed by atoms with Gasteiger partial charge in [-0.05, 0) is 46.9 Å². The van der Waals surface area contributed by atoms with Crippen molar-refractivity contribution in [2.45, 2.75) is 88.2 Å². The fourth-order valence-electron chi connectivity index (χ4n) is 2.77. The van der Waals surface area contributed by atoms with Gasteiger partial charge < -0.3 is 0 Å². The molecule has 1 nitrogen and oxygen atoms in total. The zero-order valence-electron chi connectivity index (χ0n) is 15.0. The van der Waals surface area contributed by atoms with E-state index in [0.717, 1.165) is 19.3 Å². The first-order valence-corrected chi connectivity index (χ1v) is 9.31. The first kappa shape index (κ1) is 17.6. The molecule has 122 valence electrons. The van der Waals surface area contributed by atoms with Crippen LogP contribution >= 0.6 is 11.8 Å². The maximum Gasteiger partial charge on any atom is 0.146 e. The largest absolute Gasteiger partial charge is 0.298 e. The predicted octanol–water partition coefficient (Wildman–Crippen LogP) is 5.89. The molecule has 1 aliphatic rings. The van der Waals surface area contributed by atoms with E-state index in [4.69, 9.17) is 0 Å². The van der Waals surface area contributed by atoms with Crippen molar-refractivity contribution in [1.82, 2.24) is 0 Å². The summed E-state index contributed by atoms with van der Waals surface area (Å²) in [6, 6.07) is 6.93. The summed E-state index contributed by atoms with van der Waals surface area (Å²) in [6.45, 7) is 13.6. The van der Waals surface area contributed by atoms with Crippen LogP contribution < -0.4 is 0 Å². The van der Waals surface area contributed by atoms with Crippen LogP contribution in [0.1, 0.15) is 78.4 Å². The van der Waals surface area contributed by atoms with E-state index in [9.17, 15) is 4.79 Å². The summed E-state index contributed by atoms with van der Waals surface area (Å²) in [7, 11) is 0. The summed E-state index contributed by atoms with van der Waals surface area (Å²) in [4.78, 5) is 13.4. The molecule has 0 heterocycles. The van der Waals surface area contributed by atoms with Crippen molar-refractivity contribution < 1.29 is 4.79 Å². The second-order valence-electron chi connectivity index (χ2n) is 8.56. The maximum atomic E-state index is 12.1. The van der Waals surface area contributed by atoms with Crippen LogP contribution in [0.2, 0.25) is 0 Å². The van der Waals surface area contributed by atoms with E-state index in [1.54, 1.807) is 11.8 Å². The van der Waals surface area contributed by atoms with Crippen molar-refractivity contribution in [3.63, 3.8) is 0 Å². The lowest BCUT2D eigenvalue weighted by Gasteiger charge is -2.27. The van der Waals surface area contributed by atoms with Crippen molar-refractivity contribution >= 4 is 17.5 Å². The molecule has 0 spiro atoms. The molecule has 2 heteroatoms. The maximum absolute atomic E-state index is 12.1. The Kier molecular flexibility index (Phi) is 5.11. The SMILES string of the molecule is CC(C)(C)c1cc(SC2CCCCC2=O)cc(C(C)(C)C)c1. The molecule has 1 aliphatic carbocycles. The lowest BCUT2D eigenvalue weighted by Crippen LogP contribution is -2.21. The molecule has 0 aromatic heterocycles. The zero-order valence-corrected chi connectivity index (χ0v) is 15.8. The Morgan fingerprint density at radius 2 is 1.45 bits per heavy atom. The molecule has 0 N–H and O–H groups in total. The normalized spacial score (nSPS) is 20.3. The molecule has 0 saturated heterocycles. The summed E-state index contributed by atoms with van der Waals surface area (Å²) in [5.74, 6) is 0.440. The van der Waals surface area contributed by atoms with Crippen molar-refractivity contribution in [3.8, 4) is 0 Å². The van der Waals surface area contributed by atoms with Crippen molar-refractivity contribution in [3.05, 3.63) is 29.3 Å². The lowest BCUT2D eigenvalue weighted by atomic mass is 9.81. The minimum atomic E-state index is 0.132. The van der Waals surface area contributed by atoms with Gasteiger partial charge in [0.2, 0.25) is 0 Å². The highest BCUT2D eigenvalue weighted by atomic mass is 32.2. The van der Waals surface area contributed by atoms with Gasteiger partial charge in [0.05, 0.1) is 5.25 Å². The van der Waals surface area contributed by atoms with E-state index in [0.29, 0.717) is 5.78 Å². The third-order valence-electron chi connectivity index (χ3n) is 4.42. The van der Waals surface area contributed by atoms with E-state index < -0.39 is 0 Å². The van der Waals surface area contributed by atoms with E-state index in [1.807, 2.05) is 0 Å². The number of hydrogen-bond acceptors (Lipinski definition) is 2. The topological polar surface area (TPSA) is 17.1 Å². The number of Topliss-reactive ketones (excluding diaryl/α,β-unsaturated/α-hetero) is 1. The average Bonchev–Trinajstić information content (AvgIpc) is 2.39. The van der Waals surface area contributed by atoms with Gasteiger partial charge in [0.1, 0.15) is 5.78 Å². The van der Waals surface area contributed by atoms with Crippen LogP contribution in [0.5, 0.6) is 0 Å². The van der Waals surface area contributed by atoms with Gasteiger partial charge in [-0.1, -0.05) is 54.0 Å². The third kappa shape index (κ3) is 4.38. The Balaban J connectivity index is 2.35. The Hall–Kier alpha value is -0.760. The molecule has 1 aromatic rings. The smallest absolute Gasteiger partial charge is 0.146 e. The van der Waals surface area contributed by atoms with Gasteiger partial charge in [-0.25, -0.2) is 0 Å². The molecular weight excluding hydrogens is 288 g/mol. The molecular formula is C20H30OS. The molecule has 0 amide bonds. The molecule has 0 radical (unpaired) electrons. The molecule has 22 heavy (non-hydrogen) atoms. The monoisotopic (exact) mass is 318 g/mol. The molecule has 1 aromatic carbocycles. The minimum absolute atomic E-state index is 0.132. The number of benzene rings is 1. The summed E-state index contributed by atoms with van der Waals surface area (Å²) in [5.41, 5.74) is 3.00. The van der Waals surface area contributed by atoms with Gasteiger partial charge in [-0.2, -0.15) is 0 Å². The fourth-order valence-corrected chi connectivity index (χ4v) is 4.03. The first-order valence-electron chi connectivity index (χ1n) is 8.43. The molecule has 2 rings (SSSR count). The van der Waals surface area contributed by atoms with E-state index in [1.165, 1.54) is 22.4 Å². The summed E-state index contributed by atoms with van der Waals surface area (Å²) < 4.78 is 0. The number of carbonyl (C=O) groups is 1. The van der Waals surface area contributed by atoms with Crippen molar-refractivity contribution in [2.24, 2.45) is 0 Å². The van der Waals surface area contributed by atoms with E-state index in [2.05, 4.69) is 59.7 Å². The van der Waals surface area contributed by atoms with E-state index in [-0.39, 0.29) is 16.1 Å². The average molecular weight is 319 g/mol. The van der Waals surface area contributed by atoms with Crippen LogP contribution in [0, 0.1) is 0 Å². The predicted molar refractivity (Wildman–Crippen MR) is 97.0 cm³/mol. The van der Waals surface area contributed by atoms with E-state index >= 15 is 0 Å². The molecule has 1 fully saturated rings. The van der Waals surface area contributed by atoms with Gasteiger partial charge in [0.25, 0.3) is 0 Å². The first-order chi connectivity index (χ1) is 10.1. The van der Waals surface area contributed by atoms with Gasteiger partial charge in [0, 0.05) is 11.3 Å². The third-order valence-corrected chi connectivity index (χ3v) is 5.71. The summed E-state index contributed by atoms with van der Waals surface area (Å²) >= 11 is 1.78. The molecule has 0 bridgehead atoms. The van der Waals surface area contributed by atoms with Gasteiger partial charge in [-0.15, -0.1) is 11.8 Å². The van der Waals surface area contributed by atoms with Gasteiger partial charge >= 0.3 is 0 Å². The second-order valence-corrected chi connectivity index (χ2v) is 9.84. The molecule has 1 unspecified atom stereocenters. The Bertz CT molecular complexity index is 514. The number of hydrogen-bond donors (Lipinski definition) is 0. The molecule has 1 saturated carbocycles. The number of carbonyl (C=O) groups excluding carboxylic acids is 1.